The van der Waals surface area contributed by atoms with Crippen molar-refractivity contribution in [3.8, 4) is 0 Å². The maximum atomic E-state index is 11.6. The van der Waals surface area contributed by atoms with E-state index in [0.29, 0.717) is 0 Å². The van der Waals surface area contributed by atoms with Gasteiger partial charge in [0, 0.05) is 18.1 Å². The zero-order chi connectivity index (χ0) is 10.9. The third-order valence-corrected chi connectivity index (χ3v) is 3.37. The smallest absolute Gasteiger partial charge is 0.237 e. The Morgan fingerprint density at radius 3 is 3.13 bits per heavy atom. The normalized spacial score (nSPS) is 20.9. The minimum Gasteiger partial charge on any atom is -0.354 e. The van der Waals surface area contributed by atoms with E-state index in [2.05, 4.69) is 17.2 Å². The van der Waals surface area contributed by atoms with Crippen LogP contribution in [0.25, 0.3) is 0 Å². The highest BCUT2D eigenvalue weighted by Crippen LogP contribution is 2.06. The van der Waals surface area contributed by atoms with E-state index >= 15 is 0 Å². The largest absolute Gasteiger partial charge is 0.354 e. The Kier molecular flexibility index (Phi) is 6.52. The topological polar surface area (TPSA) is 41.1 Å². The fourth-order valence-electron chi connectivity index (χ4n) is 1.61. The van der Waals surface area contributed by atoms with Gasteiger partial charge in [0.1, 0.15) is 0 Å². The van der Waals surface area contributed by atoms with Crippen molar-refractivity contribution in [3.63, 3.8) is 0 Å². The van der Waals surface area contributed by atoms with Gasteiger partial charge in [-0.25, -0.2) is 0 Å². The van der Waals surface area contributed by atoms with E-state index in [1.54, 1.807) is 11.8 Å². The summed E-state index contributed by atoms with van der Waals surface area (Å²) < 4.78 is 0. The molecule has 1 rings (SSSR count). The van der Waals surface area contributed by atoms with Gasteiger partial charge in [0.25, 0.3) is 0 Å². The number of amides is 1. The zero-order valence-electron chi connectivity index (χ0n) is 9.13. The van der Waals surface area contributed by atoms with Crippen LogP contribution in [-0.2, 0) is 4.79 Å². The molecule has 1 aliphatic heterocycles. The quantitative estimate of drug-likeness (QED) is 0.529. The molecule has 1 amide bonds. The van der Waals surface area contributed by atoms with Crippen molar-refractivity contribution in [1.29, 1.82) is 0 Å². The number of hydrogen-bond acceptors (Lipinski definition) is 3. The summed E-state index contributed by atoms with van der Waals surface area (Å²) in [4.78, 5) is 11.6. The molecule has 2 N–H and O–H groups in total. The van der Waals surface area contributed by atoms with Gasteiger partial charge in [0.05, 0.1) is 6.04 Å². The Morgan fingerprint density at radius 1 is 1.60 bits per heavy atom. The van der Waals surface area contributed by atoms with Gasteiger partial charge in [-0.15, -0.1) is 6.58 Å². The predicted molar refractivity (Wildman–Crippen MR) is 66.2 cm³/mol. The van der Waals surface area contributed by atoms with Gasteiger partial charge >= 0.3 is 0 Å². The molecule has 0 saturated carbocycles. The number of hydrogen-bond donors (Lipinski definition) is 2. The van der Waals surface area contributed by atoms with Crippen molar-refractivity contribution in [2.45, 2.75) is 25.3 Å². The second-order valence-corrected chi connectivity index (χ2v) is 4.81. The molecule has 0 aromatic carbocycles. The highest BCUT2D eigenvalue weighted by atomic mass is 32.2. The van der Waals surface area contributed by atoms with Gasteiger partial charge in [-0.3, -0.25) is 4.79 Å². The minimum absolute atomic E-state index is 0.0446. The maximum absolute atomic E-state index is 11.6. The minimum atomic E-state index is 0.0446. The third-order valence-electron chi connectivity index (χ3n) is 2.41. The molecule has 1 fully saturated rings. The first kappa shape index (κ1) is 12.6. The molecule has 4 heteroatoms. The van der Waals surface area contributed by atoms with Gasteiger partial charge in [0.2, 0.25) is 5.91 Å². The summed E-state index contributed by atoms with van der Waals surface area (Å²) in [6, 6.07) is 0.0446. The van der Waals surface area contributed by atoms with Gasteiger partial charge in [0.15, 0.2) is 0 Å². The summed E-state index contributed by atoms with van der Waals surface area (Å²) in [6.45, 7) is 5.38. The monoisotopic (exact) mass is 228 g/mol. The molecule has 1 saturated heterocycles. The highest BCUT2D eigenvalue weighted by Gasteiger charge is 2.19. The summed E-state index contributed by atoms with van der Waals surface area (Å²) >= 11 is 1.79. The van der Waals surface area contributed by atoms with Crippen LogP contribution in [0.15, 0.2) is 12.7 Å². The molecule has 86 valence electrons. The summed E-state index contributed by atoms with van der Waals surface area (Å²) in [5.74, 6) is 2.08. The van der Waals surface area contributed by atoms with E-state index in [0.717, 1.165) is 37.4 Å². The molecule has 0 aromatic rings. The zero-order valence-corrected chi connectivity index (χ0v) is 9.94. The van der Waals surface area contributed by atoms with Crippen LogP contribution in [-0.4, -0.2) is 36.5 Å². The molecular formula is C11H20N2OS. The van der Waals surface area contributed by atoms with Crippen LogP contribution in [0.1, 0.15) is 19.3 Å². The van der Waals surface area contributed by atoms with E-state index in [1.807, 2.05) is 6.08 Å². The summed E-state index contributed by atoms with van der Waals surface area (Å²) in [5, 5.41) is 6.19. The average molecular weight is 228 g/mol. The van der Waals surface area contributed by atoms with Gasteiger partial charge < -0.3 is 10.6 Å². The van der Waals surface area contributed by atoms with Gasteiger partial charge in [-0.05, 0) is 19.4 Å². The van der Waals surface area contributed by atoms with Crippen molar-refractivity contribution < 1.29 is 4.79 Å². The van der Waals surface area contributed by atoms with Crippen molar-refractivity contribution in [3.05, 3.63) is 12.7 Å². The first-order valence-corrected chi connectivity index (χ1v) is 6.70. The van der Waals surface area contributed by atoms with Crippen molar-refractivity contribution in [1.82, 2.24) is 10.6 Å². The van der Waals surface area contributed by atoms with Crippen LogP contribution in [0.4, 0.5) is 0 Å². The van der Waals surface area contributed by atoms with Crippen molar-refractivity contribution in [2.75, 3.05) is 24.6 Å². The predicted octanol–water partition coefficient (Wildman–Crippen LogP) is 1.16. The number of thioether (sulfide) groups is 1. The first-order valence-electron chi connectivity index (χ1n) is 5.54. The van der Waals surface area contributed by atoms with Crippen LogP contribution in [0.5, 0.6) is 0 Å². The molecule has 15 heavy (non-hydrogen) atoms. The number of nitrogens with one attached hydrogen (secondary N) is 2. The standard InChI is InChI=1S/C11H20N2OS/c1-2-8-15-9-7-13-11(14)10-5-3-4-6-12-10/h2,10,12H,1,3-9H2,(H,13,14). The molecule has 0 aromatic heterocycles. The molecule has 3 nitrogen and oxygen atoms in total. The van der Waals surface area contributed by atoms with Gasteiger partial charge in [-0.1, -0.05) is 12.5 Å². The number of rotatable bonds is 6. The Bertz CT molecular complexity index is 203. The van der Waals surface area contributed by atoms with Crippen LogP contribution < -0.4 is 10.6 Å². The Labute approximate surface area is 96.1 Å². The van der Waals surface area contributed by atoms with Crippen LogP contribution >= 0.6 is 11.8 Å². The van der Waals surface area contributed by atoms with Crippen LogP contribution in [0.3, 0.4) is 0 Å². The van der Waals surface area contributed by atoms with Crippen molar-refractivity contribution in [2.24, 2.45) is 0 Å². The lowest BCUT2D eigenvalue weighted by atomic mass is 10.0. The number of carbonyl (C=O) groups is 1. The molecule has 0 radical (unpaired) electrons. The summed E-state index contributed by atoms with van der Waals surface area (Å²) in [5.41, 5.74) is 0. The molecule has 1 atom stereocenters. The van der Waals surface area contributed by atoms with E-state index in [-0.39, 0.29) is 11.9 Å². The molecule has 0 spiro atoms. The Morgan fingerprint density at radius 2 is 2.47 bits per heavy atom. The van der Waals surface area contributed by atoms with Crippen LogP contribution in [0.2, 0.25) is 0 Å². The third kappa shape index (κ3) is 5.23. The molecule has 1 unspecified atom stereocenters. The van der Waals surface area contributed by atoms with Crippen molar-refractivity contribution >= 4 is 17.7 Å². The molecule has 0 aliphatic carbocycles. The highest BCUT2D eigenvalue weighted by molar-refractivity contribution is 7.99. The SMILES string of the molecule is C=CCSCCNC(=O)C1CCCCN1. The van der Waals surface area contributed by atoms with Gasteiger partial charge in [-0.2, -0.15) is 11.8 Å². The lowest BCUT2D eigenvalue weighted by Crippen LogP contribution is -2.47. The van der Waals surface area contributed by atoms with E-state index in [4.69, 9.17) is 0 Å². The lowest BCUT2D eigenvalue weighted by Gasteiger charge is -2.22. The van der Waals surface area contributed by atoms with E-state index < -0.39 is 0 Å². The Balaban J connectivity index is 2.04. The second-order valence-electron chi connectivity index (χ2n) is 3.66. The number of piperidine rings is 1. The van der Waals surface area contributed by atoms with Crippen LogP contribution in [0, 0.1) is 0 Å². The Hall–Kier alpha value is -0.480. The molecular weight excluding hydrogens is 208 g/mol. The summed E-state index contributed by atoms with van der Waals surface area (Å²) in [7, 11) is 0. The number of carbonyl (C=O) groups excluding carboxylic acids is 1. The molecule has 0 bridgehead atoms. The molecule has 1 aliphatic rings. The molecule has 1 heterocycles. The fourth-order valence-corrected chi connectivity index (χ4v) is 2.19. The average Bonchev–Trinajstić information content (AvgIpc) is 2.30. The second kappa shape index (κ2) is 7.77. The maximum Gasteiger partial charge on any atom is 0.237 e. The van der Waals surface area contributed by atoms with E-state index in [9.17, 15) is 4.79 Å². The summed E-state index contributed by atoms with van der Waals surface area (Å²) in [6.07, 6.45) is 5.22. The first-order chi connectivity index (χ1) is 7.34. The van der Waals surface area contributed by atoms with E-state index in [1.165, 1.54) is 6.42 Å². The lowest BCUT2D eigenvalue weighted by molar-refractivity contribution is -0.123. The fraction of sp³-hybridized carbons (Fsp3) is 0.727.